The third-order valence-electron chi connectivity index (χ3n) is 3.61. The number of para-hydroxylation sites is 1. The van der Waals surface area contributed by atoms with Crippen molar-refractivity contribution in [3.05, 3.63) is 65.4 Å². The van der Waals surface area contributed by atoms with Crippen LogP contribution in [-0.2, 0) is 13.5 Å². The number of aromatic nitrogens is 2. The second-order valence-corrected chi connectivity index (χ2v) is 5.06. The highest BCUT2D eigenvalue weighted by Gasteiger charge is 2.16. The Morgan fingerprint density at radius 1 is 1.19 bits per heavy atom. The summed E-state index contributed by atoms with van der Waals surface area (Å²) in [7, 11) is 1.86. The molecule has 0 amide bonds. The highest BCUT2D eigenvalue weighted by atomic mass is 19.1. The van der Waals surface area contributed by atoms with Gasteiger partial charge in [-0.3, -0.25) is 4.68 Å². The van der Waals surface area contributed by atoms with Crippen molar-refractivity contribution in [3.8, 4) is 0 Å². The van der Waals surface area contributed by atoms with Gasteiger partial charge >= 0.3 is 0 Å². The van der Waals surface area contributed by atoms with Gasteiger partial charge in [0.1, 0.15) is 11.6 Å². The molecule has 3 rings (SSSR count). The SMILES string of the molecule is Cn1nc(CC(N)c2ccc(F)cc2F)c2ccccc21. The minimum atomic E-state index is -0.622. The summed E-state index contributed by atoms with van der Waals surface area (Å²) >= 11 is 0. The van der Waals surface area contributed by atoms with Crippen LogP contribution in [0.1, 0.15) is 17.3 Å². The molecule has 0 bridgehead atoms. The van der Waals surface area contributed by atoms with Gasteiger partial charge in [0.2, 0.25) is 0 Å². The van der Waals surface area contributed by atoms with Crippen LogP contribution in [0.4, 0.5) is 8.78 Å². The van der Waals surface area contributed by atoms with E-state index in [1.807, 2.05) is 31.3 Å². The molecule has 1 heterocycles. The maximum Gasteiger partial charge on any atom is 0.130 e. The van der Waals surface area contributed by atoms with E-state index in [1.54, 1.807) is 4.68 Å². The number of rotatable bonds is 3. The van der Waals surface area contributed by atoms with Gasteiger partial charge in [-0.1, -0.05) is 24.3 Å². The molecule has 0 aliphatic heterocycles. The first kappa shape index (κ1) is 13.7. The second-order valence-electron chi connectivity index (χ2n) is 5.06. The zero-order chi connectivity index (χ0) is 15.0. The fraction of sp³-hybridized carbons (Fsp3) is 0.188. The Morgan fingerprint density at radius 2 is 1.95 bits per heavy atom. The normalized spacial score (nSPS) is 12.8. The number of aryl methyl sites for hydroxylation is 1. The van der Waals surface area contributed by atoms with E-state index in [-0.39, 0.29) is 0 Å². The summed E-state index contributed by atoms with van der Waals surface area (Å²) in [6.45, 7) is 0. The van der Waals surface area contributed by atoms with Gasteiger partial charge in [0.15, 0.2) is 0 Å². The Labute approximate surface area is 121 Å². The van der Waals surface area contributed by atoms with Crippen molar-refractivity contribution in [3.63, 3.8) is 0 Å². The van der Waals surface area contributed by atoms with Gasteiger partial charge in [-0.05, 0) is 12.1 Å². The minimum Gasteiger partial charge on any atom is -0.324 e. The average molecular weight is 287 g/mol. The van der Waals surface area contributed by atoms with E-state index < -0.39 is 17.7 Å². The molecule has 0 radical (unpaired) electrons. The number of nitrogens with two attached hydrogens (primary N) is 1. The van der Waals surface area contributed by atoms with E-state index in [4.69, 9.17) is 5.73 Å². The zero-order valence-electron chi connectivity index (χ0n) is 11.6. The molecular weight excluding hydrogens is 272 g/mol. The Morgan fingerprint density at radius 3 is 2.71 bits per heavy atom. The van der Waals surface area contributed by atoms with Crippen molar-refractivity contribution in [2.24, 2.45) is 12.8 Å². The summed E-state index contributed by atoms with van der Waals surface area (Å²) < 4.78 is 28.5. The van der Waals surface area contributed by atoms with Crippen LogP contribution < -0.4 is 5.73 Å². The summed E-state index contributed by atoms with van der Waals surface area (Å²) in [5.74, 6) is -1.23. The minimum absolute atomic E-state index is 0.297. The molecule has 2 N–H and O–H groups in total. The molecule has 1 atom stereocenters. The highest BCUT2D eigenvalue weighted by molar-refractivity contribution is 5.81. The molecule has 0 aliphatic rings. The second kappa shape index (κ2) is 5.26. The molecule has 2 aromatic carbocycles. The van der Waals surface area contributed by atoms with Crippen molar-refractivity contribution >= 4 is 10.9 Å². The van der Waals surface area contributed by atoms with Crippen molar-refractivity contribution in [1.29, 1.82) is 0 Å². The van der Waals surface area contributed by atoms with Crippen LogP contribution >= 0.6 is 0 Å². The Balaban J connectivity index is 1.94. The van der Waals surface area contributed by atoms with E-state index in [0.29, 0.717) is 12.0 Å². The maximum absolute atomic E-state index is 13.8. The lowest BCUT2D eigenvalue weighted by atomic mass is 10.0. The predicted molar refractivity (Wildman–Crippen MR) is 77.7 cm³/mol. The van der Waals surface area contributed by atoms with Crippen LogP contribution in [0, 0.1) is 11.6 Å². The van der Waals surface area contributed by atoms with Crippen LogP contribution in [0.3, 0.4) is 0 Å². The Kier molecular flexibility index (Phi) is 3.43. The van der Waals surface area contributed by atoms with Crippen LogP contribution in [0.15, 0.2) is 42.5 Å². The summed E-state index contributed by atoms with van der Waals surface area (Å²) in [5, 5.41) is 5.44. The maximum atomic E-state index is 13.8. The molecule has 0 fully saturated rings. The van der Waals surface area contributed by atoms with Crippen molar-refractivity contribution < 1.29 is 8.78 Å². The molecule has 108 valence electrons. The molecule has 0 spiro atoms. The van der Waals surface area contributed by atoms with Crippen molar-refractivity contribution in [1.82, 2.24) is 9.78 Å². The van der Waals surface area contributed by atoms with Crippen LogP contribution in [0.2, 0.25) is 0 Å². The molecule has 5 heteroatoms. The highest BCUT2D eigenvalue weighted by Crippen LogP contribution is 2.24. The standard InChI is InChI=1S/C16H15F2N3/c1-21-16-5-3-2-4-12(16)15(20-21)9-14(19)11-7-6-10(17)8-13(11)18/h2-8,14H,9,19H2,1H3. The number of hydrogen-bond donors (Lipinski definition) is 1. The lowest BCUT2D eigenvalue weighted by molar-refractivity contribution is 0.552. The molecule has 1 unspecified atom stereocenters. The molecule has 3 aromatic rings. The first-order valence-electron chi connectivity index (χ1n) is 6.67. The summed E-state index contributed by atoms with van der Waals surface area (Å²) in [6, 6.07) is 10.7. The summed E-state index contributed by atoms with van der Waals surface area (Å²) in [4.78, 5) is 0. The van der Waals surface area contributed by atoms with E-state index in [9.17, 15) is 8.78 Å². The van der Waals surface area contributed by atoms with Crippen LogP contribution in [-0.4, -0.2) is 9.78 Å². The number of halogens is 2. The molecule has 0 saturated heterocycles. The average Bonchev–Trinajstić information content (AvgIpc) is 2.76. The molecule has 0 saturated carbocycles. The van der Waals surface area contributed by atoms with Crippen molar-refractivity contribution in [2.75, 3.05) is 0 Å². The molecule has 0 aliphatic carbocycles. The quantitative estimate of drug-likeness (QED) is 0.804. The Hall–Kier alpha value is -2.27. The van der Waals surface area contributed by atoms with Crippen molar-refractivity contribution in [2.45, 2.75) is 12.5 Å². The molecular formula is C16H15F2N3. The zero-order valence-corrected chi connectivity index (χ0v) is 11.6. The molecule has 3 nitrogen and oxygen atoms in total. The number of nitrogens with zero attached hydrogens (tertiary/aromatic N) is 2. The molecule has 21 heavy (non-hydrogen) atoms. The predicted octanol–water partition coefficient (Wildman–Crippen LogP) is 3.09. The lowest BCUT2D eigenvalue weighted by Gasteiger charge is -2.11. The van der Waals surface area contributed by atoms with Gasteiger partial charge in [0.05, 0.1) is 11.2 Å². The van der Waals surface area contributed by atoms with Crippen LogP contribution in [0.5, 0.6) is 0 Å². The van der Waals surface area contributed by atoms with Gasteiger partial charge < -0.3 is 5.73 Å². The van der Waals surface area contributed by atoms with Gasteiger partial charge in [0.25, 0.3) is 0 Å². The first-order chi connectivity index (χ1) is 10.1. The summed E-state index contributed by atoms with van der Waals surface area (Å²) in [5.41, 5.74) is 8.17. The van der Waals surface area contributed by atoms with Gasteiger partial charge in [-0.25, -0.2) is 8.78 Å². The van der Waals surface area contributed by atoms with Crippen LogP contribution in [0.25, 0.3) is 10.9 Å². The number of fused-ring (bicyclic) bond motifs is 1. The fourth-order valence-electron chi connectivity index (χ4n) is 2.56. The van der Waals surface area contributed by atoms with E-state index >= 15 is 0 Å². The number of benzene rings is 2. The Bertz CT molecular complexity index is 795. The van der Waals surface area contributed by atoms with E-state index in [1.165, 1.54) is 12.1 Å². The van der Waals surface area contributed by atoms with E-state index in [0.717, 1.165) is 22.7 Å². The third kappa shape index (κ3) is 2.52. The van der Waals surface area contributed by atoms with E-state index in [2.05, 4.69) is 5.10 Å². The van der Waals surface area contributed by atoms with Gasteiger partial charge in [-0.2, -0.15) is 5.10 Å². The monoisotopic (exact) mass is 287 g/mol. The number of hydrogen-bond acceptors (Lipinski definition) is 2. The van der Waals surface area contributed by atoms with Gasteiger partial charge in [0, 0.05) is 36.5 Å². The lowest BCUT2D eigenvalue weighted by Crippen LogP contribution is -2.15. The molecule has 1 aromatic heterocycles. The summed E-state index contributed by atoms with van der Waals surface area (Å²) in [6.07, 6.45) is 0.393. The largest absolute Gasteiger partial charge is 0.324 e. The van der Waals surface area contributed by atoms with Gasteiger partial charge in [-0.15, -0.1) is 0 Å². The topological polar surface area (TPSA) is 43.8 Å². The smallest absolute Gasteiger partial charge is 0.130 e. The fourth-order valence-corrected chi connectivity index (χ4v) is 2.56. The third-order valence-corrected chi connectivity index (χ3v) is 3.61. The first-order valence-corrected chi connectivity index (χ1v) is 6.67.